The van der Waals surface area contributed by atoms with Crippen LogP contribution in [-0.4, -0.2) is 32.4 Å². The lowest BCUT2D eigenvalue weighted by Crippen LogP contribution is -2.29. The molecule has 0 heterocycles. The van der Waals surface area contributed by atoms with Crippen molar-refractivity contribution >= 4 is 5.97 Å². The predicted octanol–water partition coefficient (Wildman–Crippen LogP) is 6.83. The molecule has 0 spiro atoms. The zero-order chi connectivity index (χ0) is 24.7. The SMILES string of the molecule is C=C(Oc1ccccc1)C(C)CCCOCCCOCCCC(C)(C)C(=O)Oc1ccccc1. The van der Waals surface area contributed by atoms with Crippen molar-refractivity contribution in [3.63, 3.8) is 0 Å². The van der Waals surface area contributed by atoms with Crippen molar-refractivity contribution < 1.29 is 23.7 Å². The minimum Gasteiger partial charge on any atom is -0.462 e. The Hall–Kier alpha value is -2.63. The number of ether oxygens (including phenoxy) is 4. The van der Waals surface area contributed by atoms with Crippen molar-refractivity contribution in [2.75, 3.05) is 26.4 Å². The zero-order valence-corrected chi connectivity index (χ0v) is 21.0. The molecule has 186 valence electrons. The van der Waals surface area contributed by atoms with Crippen LogP contribution in [0.25, 0.3) is 0 Å². The van der Waals surface area contributed by atoms with Crippen LogP contribution in [0.3, 0.4) is 0 Å². The highest BCUT2D eigenvalue weighted by Gasteiger charge is 2.29. The molecule has 5 heteroatoms. The Labute approximate surface area is 205 Å². The van der Waals surface area contributed by atoms with Gasteiger partial charge in [-0.15, -0.1) is 0 Å². The summed E-state index contributed by atoms with van der Waals surface area (Å²) in [4.78, 5) is 12.4. The maximum absolute atomic E-state index is 12.4. The second-order valence-electron chi connectivity index (χ2n) is 9.19. The van der Waals surface area contributed by atoms with Gasteiger partial charge in [0.25, 0.3) is 0 Å². The van der Waals surface area contributed by atoms with Crippen LogP contribution in [-0.2, 0) is 14.3 Å². The molecule has 2 aromatic rings. The summed E-state index contributed by atoms with van der Waals surface area (Å²) in [5.41, 5.74) is -0.545. The van der Waals surface area contributed by atoms with Gasteiger partial charge in [-0.2, -0.15) is 0 Å². The van der Waals surface area contributed by atoms with Crippen molar-refractivity contribution in [1.82, 2.24) is 0 Å². The molecule has 2 rings (SSSR count). The fourth-order valence-corrected chi connectivity index (χ4v) is 3.31. The Morgan fingerprint density at radius 1 is 0.794 bits per heavy atom. The molecule has 1 unspecified atom stereocenters. The summed E-state index contributed by atoms with van der Waals surface area (Å²) in [6, 6.07) is 18.9. The molecule has 0 radical (unpaired) electrons. The summed E-state index contributed by atoms with van der Waals surface area (Å²) < 4.78 is 22.7. The molecular formula is C29H40O5. The maximum Gasteiger partial charge on any atom is 0.316 e. The van der Waals surface area contributed by atoms with Crippen LogP contribution in [0.5, 0.6) is 11.5 Å². The van der Waals surface area contributed by atoms with Gasteiger partial charge in [0.15, 0.2) is 0 Å². The van der Waals surface area contributed by atoms with Gasteiger partial charge in [0.05, 0.1) is 11.2 Å². The van der Waals surface area contributed by atoms with E-state index in [1.54, 1.807) is 12.1 Å². The Bertz CT molecular complexity index is 832. The van der Waals surface area contributed by atoms with Crippen LogP contribution in [0, 0.1) is 11.3 Å². The molecule has 0 saturated heterocycles. The molecule has 0 aliphatic heterocycles. The minimum atomic E-state index is -0.545. The molecule has 0 aromatic heterocycles. The van der Waals surface area contributed by atoms with Crippen molar-refractivity contribution in [1.29, 1.82) is 0 Å². The van der Waals surface area contributed by atoms with Gasteiger partial charge in [0.1, 0.15) is 11.5 Å². The number of esters is 1. The number of hydrogen-bond acceptors (Lipinski definition) is 5. The van der Waals surface area contributed by atoms with Crippen molar-refractivity contribution in [3.8, 4) is 11.5 Å². The average molecular weight is 469 g/mol. The average Bonchev–Trinajstić information content (AvgIpc) is 2.83. The van der Waals surface area contributed by atoms with Crippen LogP contribution in [0.2, 0.25) is 0 Å². The van der Waals surface area contributed by atoms with E-state index in [0.717, 1.165) is 43.8 Å². The van der Waals surface area contributed by atoms with Crippen molar-refractivity contribution in [3.05, 3.63) is 73.0 Å². The van der Waals surface area contributed by atoms with E-state index >= 15 is 0 Å². The van der Waals surface area contributed by atoms with Crippen LogP contribution >= 0.6 is 0 Å². The molecule has 2 aromatic carbocycles. The van der Waals surface area contributed by atoms with Crippen molar-refractivity contribution in [2.24, 2.45) is 11.3 Å². The second kappa shape index (κ2) is 15.3. The second-order valence-corrected chi connectivity index (χ2v) is 9.19. The fraction of sp³-hybridized carbons (Fsp3) is 0.483. The van der Waals surface area contributed by atoms with Gasteiger partial charge in [-0.1, -0.05) is 49.9 Å². The Balaban J connectivity index is 1.43. The lowest BCUT2D eigenvalue weighted by atomic mass is 9.88. The molecule has 5 nitrogen and oxygen atoms in total. The first-order chi connectivity index (χ1) is 16.4. The van der Waals surface area contributed by atoms with Crippen LogP contribution < -0.4 is 9.47 Å². The van der Waals surface area contributed by atoms with E-state index in [0.29, 0.717) is 32.0 Å². The first kappa shape index (κ1) is 27.6. The van der Waals surface area contributed by atoms with E-state index in [1.807, 2.05) is 62.4 Å². The Morgan fingerprint density at radius 2 is 1.29 bits per heavy atom. The quantitative estimate of drug-likeness (QED) is 0.110. The zero-order valence-electron chi connectivity index (χ0n) is 21.0. The Kier molecular flexibility index (Phi) is 12.4. The standard InChI is InChI=1S/C29H40O5/c1-24(25(2)33-26-15-7-5-8-16-26)14-11-20-31-22-13-23-32-21-12-19-29(3,4)28(30)34-27-17-9-6-10-18-27/h5-10,15-18,24H,2,11-14,19-23H2,1,3-4H3. The largest absolute Gasteiger partial charge is 0.462 e. The summed E-state index contributed by atoms with van der Waals surface area (Å²) >= 11 is 0. The molecule has 0 aliphatic carbocycles. The van der Waals surface area contributed by atoms with Gasteiger partial charge in [-0.3, -0.25) is 4.79 Å². The highest BCUT2D eigenvalue weighted by molar-refractivity contribution is 5.78. The number of benzene rings is 2. The third kappa shape index (κ3) is 11.0. The molecule has 0 amide bonds. The van der Waals surface area contributed by atoms with E-state index in [1.165, 1.54) is 0 Å². The first-order valence-corrected chi connectivity index (χ1v) is 12.2. The molecule has 34 heavy (non-hydrogen) atoms. The van der Waals surface area contributed by atoms with Gasteiger partial charge in [-0.25, -0.2) is 0 Å². The molecule has 1 atom stereocenters. The summed E-state index contributed by atoms with van der Waals surface area (Å²) in [5, 5.41) is 0. The van der Waals surface area contributed by atoms with Gasteiger partial charge in [0.2, 0.25) is 0 Å². The fourth-order valence-electron chi connectivity index (χ4n) is 3.31. The third-order valence-corrected chi connectivity index (χ3v) is 5.64. The highest BCUT2D eigenvalue weighted by Crippen LogP contribution is 2.25. The number of allylic oxidation sites excluding steroid dienone is 1. The van der Waals surface area contributed by atoms with E-state index in [9.17, 15) is 4.79 Å². The minimum absolute atomic E-state index is 0.211. The summed E-state index contributed by atoms with van der Waals surface area (Å²) in [7, 11) is 0. The van der Waals surface area contributed by atoms with Crippen molar-refractivity contribution in [2.45, 2.75) is 52.9 Å². The van der Waals surface area contributed by atoms with E-state index in [2.05, 4.69) is 13.5 Å². The highest BCUT2D eigenvalue weighted by atomic mass is 16.5. The molecule has 0 fully saturated rings. The van der Waals surface area contributed by atoms with Gasteiger partial charge in [0, 0.05) is 32.3 Å². The van der Waals surface area contributed by atoms with Crippen LogP contribution in [0.1, 0.15) is 52.9 Å². The molecule has 0 aliphatic rings. The Morgan fingerprint density at radius 3 is 1.88 bits per heavy atom. The topological polar surface area (TPSA) is 54.0 Å². The van der Waals surface area contributed by atoms with E-state index in [4.69, 9.17) is 18.9 Å². The van der Waals surface area contributed by atoms with Gasteiger partial charge in [-0.05, 0) is 70.2 Å². The lowest BCUT2D eigenvalue weighted by molar-refractivity contribution is -0.144. The number of carbonyl (C=O) groups excluding carboxylic acids is 1. The van der Waals surface area contributed by atoms with E-state index in [-0.39, 0.29) is 11.9 Å². The number of carbonyl (C=O) groups is 1. The smallest absolute Gasteiger partial charge is 0.316 e. The molecular weight excluding hydrogens is 428 g/mol. The number of rotatable bonds is 17. The molecule has 0 N–H and O–H groups in total. The summed E-state index contributed by atoms with van der Waals surface area (Å²) in [6.45, 7) is 12.7. The maximum atomic E-state index is 12.4. The molecule has 0 bridgehead atoms. The molecule has 0 saturated carbocycles. The van der Waals surface area contributed by atoms with Gasteiger partial charge >= 0.3 is 5.97 Å². The van der Waals surface area contributed by atoms with E-state index < -0.39 is 5.41 Å². The van der Waals surface area contributed by atoms with Crippen LogP contribution in [0.4, 0.5) is 0 Å². The lowest BCUT2D eigenvalue weighted by Gasteiger charge is -2.22. The monoisotopic (exact) mass is 468 g/mol. The third-order valence-electron chi connectivity index (χ3n) is 5.64. The van der Waals surface area contributed by atoms with Gasteiger partial charge < -0.3 is 18.9 Å². The summed E-state index contributed by atoms with van der Waals surface area (Å²) in [5.74, 6) is 2.26. The first-order valence-electron chi connectivity index (χ1n) is 12.2. The number of hydrogen-bond donors (Lipinski definition) is 0. The predicted molar refractivity (Wildman–Crippen MR) is 136 cm³/mol. The normalized spacial score (nSPS) is 12.2. The summed E-state index contributed by atoms with van der Waals surface area (Å²) in [6.07, 6.45) is 4.33. The number of para-hydroxylation sites is 2. The van der Waals surface area contributed by atoms with Crippen LogP contribution in [0.15, 0.2) is 73.0 Å².